The van der Waals surface area contributed by atoms with Crippen molar-refractivity contribution >= 4 is 11.8 Å². The van der Waals surface area contributed by atoms with Crippen LogP contribution in [-0.4, -0.2) is 15.0 Å². The van der Waals surface area contributed by atoms with Crippen molar-refractivity contribution in [1.29, 1.82) is 0 Å². The molecule has 6 aromatic carbocycles. The highest BCUT2D eigenvalue weighted by Gasteiger charge is 2.52. The molecule has 10 rings (SSSR count). The monoisotopic (exact) mass is 697 g/mol. The third-order valence-electron chi connectivity index (χ3n) is 11.1. The van der Waals surface area contributed by atoms with E-state index in [2.05, 4.69) is 146 Å². The lowest BCUT2D eigenvalue weighted by Gasteiger charge is -2.50. The molecule has 3 nitrogen and oxygen atoms in total. The number of aromatic nitrogens is 3. The Labute approximate surface area is 314 Å². The first-order valence-electron chi connectivity index (χ1n) is 18.1. The highest BCUT2D eigenvalue weighted by molar-refractivity contribution is 7.99. The van der Waals surface area contributed by atoms with Gasteiger partial charge in [0.05, 0.1) is 22.5 Å². The molecule has 0 radical (unpaired) electrons. The largest absolute Gasteiger partial charge is 0.255 e. The summed E-state index contributed by atoms with van der Waals surface area (Å²) in [6.45, 7) is 4.76. The van der Waals surface area contributed by atoms with Gasteiger partial charge < -0.3 is 0 Å². The van der Waals surface area contributed by atoms with Crippen LogP contribution in [0.2, 0.25) is 0 Å². The highest BCUT2D eigenvalue weighted by Crippen LogP contribution is 2.61. The van der Waals surface area contributed by atoms with E-state index in [0.717, 1.165) is 39.3 Å². The van der Waals surface area contributed by atoms with Crippen molar-refractivity contribution in [2.75, 3.05) is 0 Å². The van der Waals surface area contributed by atoms with E-state index in [1.165, 1.54) is 43.2 Å². The minimum absolute atomic E-state index is 0.214. The summed E-state index contributed by atoms with van der Waals surface area (Å²) < 4.78 is 0. The van der Waals surface area contributed by atoms with Gasteiger partial charge in [-0.3, -0.25) is 4.98 Å². The first-order valence-corrected chi connectivity index (χ1v) is 18.9. The Balaban J connectivity index is 1.24. The van der Waals surface area contributed by atoms with Crippen molar-refractivity contribution in [3.63, 3.8) is 0 Å². The smallest absolute Gasteiger partial charge is 0.161 e. The number of fused-ring (bicyclic) bond motifs is 8. The van der Waals surface area contributed by atoms with Crippen molar-refractivity contribution in [3.05, 3.63) is 209 Å². The Morgan fingerprint density at radius 2 is 1.00 bits per heavy atom. The van der Waals surface area contributed by atoms with E-state index >= 15 is 0 Å². The Hall–Kier alpha value is -6.10. The fraction of sp³-hybridized carbons (Fsp3) is 0.0816. The molecule has 1 aliphatic heterocycles. The first kappa shape index (κ1) is 31.6. The van der Waals surface area contributed by atoms with Crippen LogP contribution in [-0.2, 0) is 10.8 Å². The maximum atomic E-state index is 5.23. The fourth-order valence-electron chi connectivity index (χ4n) is 8.69. The van der Waals surface area contributed by atoms with Crippen LogP contribution in [0.15, 0.2) is 186 Å². The molecule has 2 aromatic heterocycles. The minimum atomic E-state index is -0.499. The third-order valence-corrected chi connectivity index (χ3v) is 12.3. The quantitative estimate of drug-likeness (QED) is 0.183. The second-order valence-corrected chi connectivity index (χ2v) is 15.4. The number of rotatable bonds is 4. The van der Waals surface area contributed by atoms with Crippen LogP contribution in [0.25, 0.3) is 45.2 Å². The van der Waals surface area contributed by atoms with Crippen LogP contribution >= 0.6 is 11.8 Å². The molecule has 0 N–H and O–H groups in total. The molecular formula is C49H35N3S. The van der Waals surface area contributed by atoms with Crippen molar-refractivity contribution in [2.45, 2.75) is 34.5 Å². The lowest BCUT2D eigenvalue weighted by Crippen LogP contribution is -2.43. The van der Waals surface area contributed by atoms with Crippen LogP contribution in [0.5, 0.6) is 0 Å². The minimum Gasteiger partial charge on any atom is -0.255 e. The number of hydrogen-bond acceptors (Lipinski definition) is 4. The lowest BCUT2D eigenvalue weighted by molar-refractivity contribution is 0.549. The second-order valence-electron chi connectivity index (χ2n) is 14.4. The van der Waals surface area contributed by atoms with Gasteiger partial charge in [-0.2, -0.15) is 0 Å². The fourth-order valence-corrected chi connectivity index (χ4v) is 9.88. The van der Waals surface area contributed by atoms with E-state index in [-0.39, 0.29) is 5.41 Å². The van der Waals surface area contributed by atoms with Crippen molar-refractivity contribution in [3.8, 4) is 45.2 Å². The highest BCUT2D eigenvalue weighted by atomic mass is 32.2. The number of nitrogens with zero attached hydrogens (tertiary/aromatic N) is 3. The molecule has 252 valence electrons. The van der Waals surface area contributed by atoms with Crippen LogP contribution in [0.4, 0.5) is 0 Å². The zero-order valence-electron chi connectivity index (χ0n) is 29.5. The van der Waals surface area contributed by atoms with Gasteiger partial charge in [-0.25, -0.2) is 9.97 Å². The predicted octanol–water partition coefficient (Wildman–Crippen LogP) is 12.0. The van der Waals surface area contributed by atoms with Gasteiger partial charge in [0.1, 0.15) is 0 Å². The summed E-state index contributed by atoms with van der Waals surface area (Å²) in [6.07, 6.45) is 1.82. The molecule has 1 spiro atoms. The summed E-state index contributed by atoms with van der Waals surface area (Å²) in [4.78, 5) is 17.7. The molecule has 2 aliphatic rings. The van der Waals surface area contributed by atoms with Gasteiger partial charge in [0, 0.05) is 32.5 Å². The molecule has 0 fully saturated rings. The second kappa shape index (κ2) is 12.3. The Kier molecular flexibility index (Phi) is 7.31. The van der Waals surface area contributed by atoms with Gasteiger partial charge in [0.2, 0.25) is 0 Å². The molecule has 0 saturated heterocycles. The van der Waals surface area contributed by atoms with Gasteiger partial charge in [0.25, 0.3) is 0 Å². The van der Waals surface area contributed by atoms with Gasteiger partial charge in [-0.15, -0.1) is 0 Å². The summed E-state index contributed by atoms with van der Waals surface area (Å²) >= 11 is 1.88. The van der Waals surface area contributed by atoms with Gasteiger partial charge in [-0.05, 0) is 80.9 Å². The summed E-state index contributed by atoms with van der Waals surface area (Å²) in [7, 11) is 0. The molecule has 8 aromatic rings. The van der Waals surface area contributed by atoms with Gasteiger partial charge in [-0.1, -0.05) is 159 Å². The van der Waals surface area contributed by atoms with Crippen LogP contribution in [0, 0.1) is 0 Å². The molecule has 0 atom stereocenters. The topological polar surface area (TPSA) is 38.7 Å². The Morgan fingerprint density at radius 3 is 1.72 bits per heavy atom. The van der Waals surface area contributed by atoms with Gasteiger partial charge >= 0.3 is 0 Å². The SMILES string of the molecule is CC1(C)c2ccccc2C2(c3ccccc3Sc3ccccc32)c2cc(-c3ccccc3-c3nc(-c4ccccc4)cc(-c4ccccn4)n3)ccc21. The average molecular weight is 698 g/mol. The summed E-state index contributed by atoms with van der Waals surface area (Å²) in [6, 6.07) is 61.2. The first-order chi connectivity index (χ1) is 26.0. The third kappa shape index (κ3) is 4.86. The average Bonchev–Trinajstić information content (AvgIpc) is 3.23. The Bertz CT molecular complexity index is 2580. The van der Waals surface area contributed by atoms with E-state index in [0.29, 0.717) is 5.82 Å². The van der Waals surface area contributed by atoms with Crippen LogP contribution in [0.3, 0.4) is 0 Å². The van der Waals surface area contributed by atoms with Crippen molar-refractivity contribution < 1.29 is 0 Å². The maximum Gasteiger partial charge on any atom is 0.161 e. The summed E-state index contributed by atoms with van der Waals surface area (Å²) in [5.74, 6) is 0.672. The molecule has 4 heteroatoms. The molecule has 0 amide bonds. The number of pyridine rings is 1. The Morgan fingerprint density at radius 1 is 0.415 bits per heavy atom. The molecule has 53 heavy (non-hydrogen) atoms. The summed E-state index contributed by atoms with van der Waals surface area (Å²) in [5.41, 5.74) is 14.0. The van der Waals surface area contributed by atoms with E-state index in [4.69, 9.17) is 9.97 Å². The van der Waals surface area contributed by atoms with Crippen LogP contribution in [0.1, 0.15) is 47.2 Å². The molecule has 1 aliphatic carbocycles. The standard InChI is InChI=1S/C49H35N3S/c1-48(2)36-20-8-9-21-38(36)49(39-22-10-12-25-45(39)53-46-26-13-11-23-40(46)49)41-30-33(27-28-37(41)48)34-18-6-7-19-35(34)47-51-43(32-16-4-3-5-17-32)31-44(52-47)42-24-14-15-29-50-42/h3-31H,1-2H3. The zero-order chi connectivity index (χ0) is 35.6. The number of hydrogen-bond donors (Lipinski definition) is 0. The normalized spacial score (nSPS) is 14.5. The van der Waals surface area contributed by atoms with E-state index in [1.54, 1.807) is 0 Å². The molecule has 3 heterocycles. The summed E-state index contributed by atoms with van der Waals surface area (Å²) in [5, 5.41) is 0. The molecule has 0 bridgehead atoms. The van der Waals surface area contributed by atoms with Crippen LogP contribution < -0.4 is 0 Å². The van der Waals surface area contributed by atoms with E-state index in [9.17, 15) is 0 Å². The maximum absolute atomic E-state index is 5.23. The zero-order valence-corrected chi connectivity index (χ0v) is 30.3. The van der Waals surface area contributed by atoms with E-state index in [1.807, 2.05) is 60.4 Å². The van der Waals surface area contributed by atoms with Crippen molar-refractivity contribution in [1.82, 2.24) is 15.0 Å². The molecule has 0 saturated carbocycles. The molecular weight excluding hydrogens is 663 g/mol. The van der Waals surface area contributed by atoms with Gasteiger partial charge in [0.15, 0.2) is 5.82 Å². The molecule has 0 unspecified atom stereocenters. The lowest BCUT2D eigenvalue weighted by atomic mass is 9.54. The predicted molar refractivity (Wildman–Crippen MR) is 216 cm³/mol. The van der Waals surface area contributed by atoms with E-state index < -0.39 is 5.41 Å². The number of benzene rings is 6. The van der Waals surface area contributed by atoms with Crippen molar-refractivity contribution in [2.24, 2.45) is 0 Å².